The first kappa shape index (κ1) is 46.8. The van der Waals surface area contributed by atoms with E-state index in [1.165, 1.54) is 28.4 Å². The maximum atomic E-state index is 13.4. The van der Waals surface area contributed by atoms with Crippen LogP contribution in [0.25, 0.3) is 33.4 Å². The minimum absolute atomic E-state index is 0.000317. The highest BCUT2D eigenvalue weighted by Gasteiger charge is 2.33. The number of aromatic carboxylic acids is 2. The van der Waals surface area contributed by atoms with Gasteiger partial charge in [0.05, 0.1) is 48.3 Å². The molecule has 0 aliphatic heterocycles. The maximum absolute atomic E-state index is 13.4. The van der Waals surface area contributed by atoms with Gasteiger partial charge in [-0.25, -0.2) is 14.4 Å². The number of unbranched alkanes of at least 4 members (excludes halogenated alkanes) is 3. The zero-order valence-corrected chi connectivity index (χ0v) is 37.2. The number of methoxy groups -OCH3 is 4. The largest absolute Gasteiger partial charge is 0.496 e. The van der Waals surface area contributed by atoms with Gasteiger partial charge < -0.3 is 43.4 Å². The lowest BCUT2D eigenvalue weighted by atomic mass is 9.78. The normalized spacial score (nSPS) is 10.9. The first-order valence-electron chi connectivity index (χ1n) is 20.4. The van der Waals surface area contributed by atoms with Gasteiger partial charge in [0.25, 0.3) is 0 Å². The minimum Gasteiger partial charge on any atom is -0.496 e. The molecule has 60 heavy (non-hydrogen) atoms. The monoisotopic (exact) mass is 828 g/mol. The Hall–Kier alpha value is -5.91. The van der Waals surface area contributed by atoms with Gasteiger partial charge in [0, 0.05) is 34.4 Å². The first-order chi connectivity index (χ1) is 28.7. The van der Waals surface area contributed by atoms with Crippen molar-refractivity contribution in [3.63, 3.8) is 0 Å². The quantitative estimate of drug-likeness (QED) is 0.0606. The van der Waals surface area contributed by atoms with E-state index in [1.807, 2.05) is 41.5 Å². The molecule has 0 aliphatic rings. The second-order valence-corrected chi connectivity index (χ2v) is 14.7. The second kappa shape index (κ2) is 20.9. The fourth-order valence-corrected chi connectivity index (χ4v) is 7.84. The molecule has 0 saturated carbocycles. The molecule has 2 N–H and O–H groups in total. The molecule has 0 aromatic heterocycles. The van der Waals surface area contributed by atoms with Crippen LogP contribution in [-0.2, 0) is 4.74 Å². The summed E-state index contributed by atoms with van der Waals surface area (Å²) in [4.78, 5) is 39.5. The topological polar surface area (TPSA) is 156 Å². The van der Waals surface area contributed by atoms with Crippen LogP contribution in [0.15, 0.2) is 24.3 Å². The molecule has 0 atom stereocenters. The van der Waals surface area contributed by atoms with Crippen molar-refractivity contribution in [1.82, 2.24) is 0 Å². The molecule has 12 nitrogen and oxygen atoms in total. The van der Waals surface area contributed by atoms with E-state index in [0.717, 1.165) is 38.5 Å². The van der Waals surface area contributed by atoms with E-state index in [4.69, 9.17) is 33.2 Å². The van der Waals surface area contributed by atoms with Gasteiger partial charge in [-0.15, -0.1) is 0 Å². The third-order valence-corrected chi connectivity index (χ3v) is 10.8. The molecule has 0 radical (unpaired) electrons. The molecule has 12 heteroatoms. The molecular weight excluding hydrogens is 769 g/mol. The summed E-state index contributed by atoms with van der Waals surface area (Å²) < 4.78 is 41.7. The molecule has 324 valence electrons. The lowest BCUT2D eigenvalue weighted by Crippen LogP contribution is -2.12. The van der Waals surface area contributed by atoms with Gasteiger partial charge in [0.15, 0.2) is 0 Å². The van der Waals surface area contributed by atoms with Crippen LogP contribution < -0.4 is 28.4 Å². The van der Waals surface area contributed by atoms with Gasteiger partial charge in [-0.05, 0) is 105 Å². The van der Waals surface area contributed by atoms with Crippen LogP contribution >= 0.6 is 0 Å². The summed E-state index contributed by atoms with van der Waals surface area (Å²) in [5, 5.41) is 21.3. The predicted molar refractivity (Wildman–Crippen MR) is 233 cm³/mol. The van der Waals surface area contributed by atoms with Crippen molar-refractivity contribution in [2.75, 3.05) is 48.3 Å². The number of carbonyl (C=O) groups excluding carboxylic acids is 1. The molecule has 4 aromatic rings. The third-order valence-electron chi connectivity index (χ3n) is 10.8. The Morgan fingerprint density at radius 1 is 0.483 bits per heavy atom. The van der Waals surface area contributed by atoms with Crippen LogP contribution in [0, 0.1) is 34.6 Å². The summed E-state index contributed by atoms with van der Waals surface area (Å²) >= 11 is 0. The van der Waals surface area contributed by atoms with Crippen molar-refractivity contribution < 1.29 is 57.8 Å². The van der Waals surface area contributed by atoms with E-state index in [1.54, 1.807) is 38.1 Å². The van der Waals surface area contributed by atoms with Gasteiger partial charge in [-0.3, -0.25) is 0 Å². The molecule has 4 rings (SSSR count). The minimum atomic E-state index is -1.19. The van der Waals surface area contributed by atoms with Crippen molar-refractivity contribution in [1.29, 1.82) is 0 Å². The Bertz CT molecular complexity index is 2240. The number of hydrogen-bond acceptors (Lipinski definition) is 10. The number of esters is 1. The number of carboxylic acids is 2. The summed E-state index contributed by atoms with van der Waals surface area (Å²) in [6.07, 6.45) is 4.81. The number of rotatable bonds is 21. The molecule has 0 unspecified atom stereocenters. The molecule has 4 aromatic carbocycles. The van der Waals surface area contributed by atoms with Gasteiger partial charge in [0.2, 0.25) is 0 Å². The van der Waals surface area contributed by atoms with Crippen LogP contribution in [0.4, 0.5) is 0 Å². The van der Waals surface area contributed by atoms with Gasteiger partial charge in [-0.2, -0.15) is 0 Å². The third kappa shape index (κ3) is 9.27. The van der Waals surface area contributed by atoms with E-state index in [2.05, 4.69) is 0 Å². The van der Waals surface area contributed by atoms with E-state index in [9.17, 15) is 24.6 Å². The number of hydrogen-bond donors (Lipinski definition) is 2. The number of carbonyl (C=O) groups is 3. The fraction of sp³-hybridized carbons (Fsp3) is 0.438. The average Bonchev–Trinajstić information content (AvgIpc) is 3.22. The van der Waals surface area contributed by atoms with Crippen molar-refractivity contribution in [3.05, 3.63) is 68.8 Å². The highest BCUT2D eigenvalue weighted by atomic mass is 16.5. The summed E-state index contributed by atoms with van der Waals surface area (Å²) in [5.74, 6) is -1.11. The highest BCUT2D eigenvalue weighted by molar-refractivity contribution is 6.03. The smallest absolute Gasteiger partial charge is 0.341 e. The zero-order chi connectivity index (χ0) is 44.4. The van der Waals surface area contributed by atoms with Crippen LogP contribution in [0.3, 0.4) is 0 Å². The SMILES string of the molecule is CCCCOc1cc(OC)c(-c2c(C)c(-c3cc(C(=O)OC)c(OCCCC)cc3OC)c(C)c(-c3c(C)c(C(=O)O)c(OCCCC)c(C)c3OC)c2C)cc1C(=O)O. The number of carboxylic acid groups (broad SMARTS) is 2. The first-order valence-corrected chi connectivity index (χ1v) is 20.4. The Kier molecular flexibility index (Phi) is 16.3. The Morgan fingerprint density at radius 3 is 1.35 bits per heavy atom. The van der Waals surface area contributed by atoms with E-state index in [0.29, 0.717) is 104 Å². The molecule has 0 spiro atoms. The summed E-state index contributed by atoms with van der Waals surface area (Å²) in [7, 11) is 5.87. The molecule has 0 amide bonds. The van der Waals surface area contributed by atoms with Crippen LogP contribution in [-0.4, -0.2) is 76.4 Å². The van der Waals surface area contributed by atoms with Crippen LogP contribution in [0.1, 0.15) is 118 Å². The van der Waals surface area contributed by atoms with Gasteiger partial charge in [-0.1, -0.05) is 40.0 Å². The maximum Gasteiger partial charge on any atom is 0.341 e. The standard InChI is InChI=1S/C48H60O12/c1-13-16-19-58-37-24-35(54-9)31(22-33(37)46(49)50)39-26(4)40(32-23-34(48(53)57-12)38(25-36(32)55-10)59-20-17-14-2)28(6)41(27(39)5)42-29(7)43(47(51)52)45(60-21-18-15-3)30(8)44(42)56-11/h22-25H,13-21H2,1-12H3,(H,49,50)(H,51,52). The molecular formula is C48H60O12. The molecule has 0 bridgehead atoms. The van der Waals surface area contributed by atoms with Crippen LogP contribution in [0.2, 0.25) is 0 Å². The summed E-state index contributed by atoms with van der Waals surface area (Å²) in [6, 6.07) is 6.48. The van der Waals surface area contributed by atoms with E-state index in [-0.39, 0.29) is 28.2 Å². The van der Waals surface area contributed by atoms with Gasteiger partial charge in [0.1, 0.15) is 51.2 Å². The summed E-state index contributed by atoms with van der Waals surface area (Å²) in [5.41, 5.74) is 6.46. The Balaban J connectivity index is 2.32. The van der Waals surface area contributed by atoms with Crippen molar-refractivity contribution >= 4 is 17.9 Å². The fourth-order valence-electron chi connectivity index (χ4n) is 7.84. The number of benzene rings is 4. The molecule has 0 fully saturated rings. The predicted octanol–water partition coefficient (Wildman–Crippen LogP) is 11.0. The lowest BCUT2D eigenvalue weighted by Gasteiger charge is -2.28. The van der Waals surface area contributed by atoms with Gasteiger partial charge >= 0.3 is 17.9 Å². The zero-order valence-electron chi connectivity index (χ0n) is 37.2. The number of ether oxygens (including phenoxy) is 7. The lowest BCUT2D eigenvalue weighted by molar-refractivity contribution is 0.0594. The Morgan fingerprint density at radius 2 is 0.933 bits per heavy atom. The van der Waals surface area contributed by atoms with Crippen molar-refractivity contribution in [2.24, 2.45) is 0 Å². The summed E-state index contributed by atoms with van der Waals surface area (Å²) in [6.45, 7) is 16.3. The molecule has 0 heterocycles. The van der Waals surface area contributed by atoms with E-state index < -0.39 is 17.9 Å². The van der Waals surface area contributed by atoms with Crippen LogP contribution in [0.5, 0.6) is 34.5 Å². The average molecular weight is 829 g/mol. The van der Waals surface area contributed by atoms with E-state index >= 15 is 0 Å². The van der Waals surface area contributed by atoms with Crippen molar-refractivity contribution in [2.45, 2.75) is 93.9 Å². The molecule has 0 saturated heterocycles. The Labute approximate surface area is 353 Å². The molecule has 0 aliphatic carbocycles. The van der Waals surface area contributed by atoms with Crippen molar-refractivity contribution in [3.8, 4) is 67.9 Å². The second-order valence-electron chi connectivity index (χ2n) is 14.7. The highest BCUT2D eigenvalue weighted by Crippen LogP contribution is 2.53.